The van der Waals surface area contributed by atoms with Crippen LogP contribution in [0.1, 0.15) is 5.56 Å². The Balaban J connectivity index is 2.34. The third-order valence-electron chi connectivity index (χ3n) is 2.00. The van der Waals surface area contributed by atoms with Gasteiger partial charge < -0.3 is 9.47 Å². The van der Waals surface area contributed by atoms with Crippen LogP contribution in [0.3, 0.4) is 0 Å². The molecular weight excluding hydrogens is 232 g/mol. The zero-order chi connectivity index (χ0) is 11.1. The van der Waals surface area contributed by atoms with Crippen molar-refractivity contribution in [3.05, 3.63) is 34.9 Å². The normalized spacial score (nSPS) is 10.9. The molecule has 0 aliphatic carbocycles. The molecule has 0 fully saturated rings. The first-order valence-electron chi connectivity index (χ1n) is 4.64. The maximum absolute atomic E-state index is 6.03. The standard InChI is InChI=1S/C11H15ClO2S/c1-13-11(14-2)8-15-7-9-5-3-4-6-10(9)12/h3-6,11H,7-8H2,1-2H3. The fraction of sp³-hybridized carbons (Fsp3) is 0.455. The van der Waals surface area contributed by atoms with E-state index in [2.05, 4.69) is 0 Å². The molecule has 0 aliphatic rings. The van der Waals surface area contributed by atoms with Gasteiger partial charge in [0.25, 0.3) is 0 Å². The number of halogens is 1. The summed E-state index contributed by atoms with van der Waals surface area (Å²) in [6, 6.07) is 7.86. The first kappa shape index (κ1) is 12.8. The molecule has 1 rings (SSSR count). The van der Waals surface area contributed by atoms with Gasteiger partial charge in [-0.3, -0.25) is 0 Å². The van der Waals surface area contributed by atoms with E-state index < -0.39 is 0 Å². The third kappa shape index (κ3) is 4.43. The number of thioether (sulfide) groups is 1. The van der Waals surface area contributed by atoms with Crippen molar-refractivity contribution >= 4 is 23.4 Å². The Morgan fingerprint density at radius 3 is 2.53 bits per heavy atom. The lowest BCUT2D eigenvalue weighted by molar-refractivity contribution is -0.0842. The van der Waals surface area contributed by atoms with Crippen molar-refractivity contribution in [1.29, 1.82) is 0 Å². The topological polar surface area (TPSA) is 18.5 Å². The number of methoxy groups -OCH3 is 2. The van der Waals surface area contributed by atoms with E-state index in [-0.39, 0.29) is 6.29 Å². The van der Waals surface area contributed by atoms with Gasteiger partial charge in [0.1, 0.15) is 0 Å². The van der Waals surface area contributed by atoms with Crippen LogP contribution < -0.4 is 0 Å². The Kier molecular flexibility index (Phi) is 6.10. The van der Waals surface area contributed by atoms with Crippen LogP contribution in [0.25, 0.3) is 0 Å². The molecule has 2 nitrogen and oxygen atoms in total. The number of ether oxygens (including phenoxy) is 2. The highest BCUT2D eigenvalue weighted by atomic mass is 35.5. The van der Waals surface area contributed by atoms with E-state index in [4.69, 9.17) is 21.1 Å². The Morgan fingerprint density at radius 2 is 1.93 bits per heavy atom. The van der Waals surface area contributed by atoms with Gasteiger partial charge >= 0.3 is 0 Å². The van der Waals surface area contributed by atoms with Gasteiger partial charge in [-0.25, -0.2) is 0 Å². The minimum atomic E-state index is -0.141. The first-order chi connectivity index (χ1) is 7.27. The molecule has 0 N–H and O–H groups in total. The fourth-order valence-corrected chi connectivity index (χ4v) is 2.45. The number of rotatable bonds is 6. The molecule has 4 heteroatoms. The first-order valence-corrected chi connectivity index (χ1v) is 6.18. The second-order valence-corrected chi connectivity index (χ2v) is 4.44. The summed E-state index contributed by atoms with van der Waals surface area (Å²) >= 11 is 7.77. The van der Waals surface area contributed by atoms with Crippen LogP contribution in [0.4, 0.5) is 0 Å². The highest BCUT2D eigenvalue weighted by Crippen LogP contribution is 2.21. The molecule has 1 aromatic carbocycles. The summed E-state index contributed by atoms with van der Waals surface area (Å²) < 4.78 is 10.2. The molecule has 0 atom stereocenters. The van der Waals surface area contributed by atoms with Crippen molar-refractivity contribution in [2.45, 2.75) is 12.0 Å². The third-order valence-corrected chi connectivity index (χ3v) is 3.39. The molecule has 0 saturated carbocycles. The second-order valence-electron chi connectivity index (χ2n) is 3.01. The van der Waals surface area contributed by atoms with Crippen LogP contribution in [-0.2, 0) is 15.2 Å². The minimum Gasteiger partial charge on any atom is -0.355 e. The second kappa shape index (κ2) is 7.12. The molecule has 0 amide bonds. The van der Waals surface area contributed by atoms with E-state index in [1.165, 1.54) is 0 Å². The summed E-state index contributed by atoms with van der Waals surface area (Å²) in [6.45, 7) is 0. The summed E-state index contributed by atoms with van der Waals surface area (Å²) in [7, 11) is 3.29. The van der Waals surface area contributed by atoms with Crippen LogP contribution in [0.2, 0.25) is 5.02 Å². The van der Waals surface area contributed by atoms with E-state index in [0.29, 0.717) is 0 Å². The van der Waals surface area contributed by atoms with Gasteiger partial charge in [0.05, 0.1) is 0 Å². The smallest absolute Gasteiger partial charge is 0.165 e. The lowest BCUT2D eigenvalue weighted by Gasteiger charge is -2.12. The predicted octanol–water partition coefficient (Wildman–Crippen LogP) is 3.19. The Hall–Kier alpha value is -0.220. The van der Waals surface area contributed by atoms with Crippen molar-refractivity contribution < 1.29 is 9.47 Å². The van der Waals surface area contributed by atoms with Gasteiger partial charge in [0.2, 0.25) is 0 Å². The highest BCUT2D eigenvalue weighted by Gasteiger charge is 2.05. The minimum absolute atomic E-state index is 0.141. The molecule has 15 heavy (non-hydrogen) atoms. The van der Waals surface area contributed by atoms with Gasteiger partial charge in [0.15, 0.2) is 6.29 Å². The van der Waals surface area contributed by atoms with E-state index in [1.807, 2.05) is 24.3 Å². The molecule has 0 aromatic heterocycles. The van der Waals surface area contributed by atoms with Crippen LogP contribution in [0.15, 0.2) is 24.3 Å². The van der Waals surface area contributed by atoms with Gasteiger partial charge in [-0.15, -0.1) is 0 Å². The van der Waals surface area contributed by atoms with E-state index in [1.54, 1.807) is 26.0 Å². The monoisotopic (exact) mass is 246 g/mol. The van der Waals surface area contributed by atoms with Crippen molar-refractivity contribution in [3.8, 4) is 0 Å². The highest BCUT2D eigenvalue weighted by molar-refractivity contribution is 7.98. The molecule has 84 valence electrons. The molecule has 0 saturated heterocycles. The van der Waals surface area contributed by atoms with Gasteiger partial charge in [-0.05, 0) is 11.6 Å². The Morgan fingerprint density at radius 1 is 1.27 bits per heavy atom. The number of benzene rings is 1. The summed E-state index contributed by atoms with van der Waals surface area (Å²) in [5.41, 5.74) is 1.15. The number of hydrogen-bond acceptors (Lipinski definition) is 3. The predicted molar refractivity (Wildman–Crippen MR) is 65.4 cm³/mol. The Bertz CT molecular complexity index is 290. The van der Waals surface area contributed by atoms with Crippen LogP contribution in [0, 0.1) is 0 Å². The molecule has 0 spiro atoms. The summed E-state index contributed by atoms with van der Waals surface area (Å²) in [5.74, 6) is 1.68. The van der Waals surface area contributed by atoms with Crippen molar-refractivity contribution in [2.75, 3.05) is 20.0 Å². The maximum Gasteiger partial charge on any atom is 0.165 e. The molecule has 1 aromatic rings. The zero-order valence-electron chi connectivity index (χ0n) is 8.90. The average molecular weight is 247 g/mol. The Labute approximate surface area is 99.9 Å². The van der Waals surface area contributed by atoms with E-state index in [0.717, 1.165) is 22.1 Å². The summed E-state index contributed by atoms with van der Waals surface area (Å²) in [5, 5.41) is 0.816. The van der Waals surface area contributed by atoms with E-state index in [9.17, 15) is 0 Å². The largest absolute Gasteiger partial charge is 0.355 e. The van der Waals surface area contributed by atoms with Crippen molar-refractivity contribution in [1.82, 2.24) is 0 Å². The molecule has 0 bridgehead atoms. The van der Waals surface area contributed by atoms with Crippen LogP contribution >= 0.6 is 23.4 Å². The van der Waals surface area contributed by atoms with Gasteiger partial charge in [0, 0.05) is 30.7 Å². The zero-order valence-corrected chi connectivity index (χ0v) is 10.5. The van der Waals surface area contributed by atoms with Gasteiger partial charge in [-0.2, -0.15) is 11.8 Å². The summed E-state index contributed by atoms with van der Waals surface area (Å²) in [4.78, 5) is 0. The molecule has 0 unspecified atom stereocenters. The van der Waals surface area contributed by atoms with E-state index >= 15 is 0 Å². The maximum atomic E-state index is 6.03. The molecule has 0 heterocycles. The lowest BCUT2D eigenvalue weighted by Crippen LogP contribution is -2.15. The SMILES string of the molecule is COC(CSCc1ccccc1Cl)OC. The lowest BCUT2D eigenvalue weighted by atomic mass is 10.2. The summed E-state index contributed by atoms with van der Waals surface area (Å²) in [6.07, 6.45) is -0.141. The fourth-order valence-electron chi connectivity index (χ4n) is 1.11. The van der Waals surface area contributed by atoms with Gasteiger partial charge in [-0.1, -0.05) is 29.8 Å². The molecular formula is C11H15ClO2S. The quantitative estimate of drug-likeness (QED) is 0.719. The molecule has 0 aliphatic heterocycles. The van der Waals surface area contributed by atoms with Crippen molar-refractivity contribution in [3.63, 3.8) is 0 Å². The van der Waals surface area contributed by atoms with Crippen LogP contribution in [-0.4, -0.2) is 26.3 Å². The number of hydrogen-bond donors (Lipinski definition) is 0. The average Bonchev–Trinajstić information content (AvgIpc) is 2.27. The van der Waals surface area contributed by atoms with Crippen LogP contribution in [0.5, 0.6) is 0 Å². The van der Waals surface area contributed by atoms with Crippen molar-refractivity contribution in [2.24, 2.45) is 0 Å². The molecule has 0 radical (unpaired) electrons.